The monoisotopic (exact) mass is 221 g/mol. The van der Waals surface area contributed by atoms with Crippen molar-refractivity contribution in [2.24, 2.45) is 5.92 Å². The van der Waals surface area contributed by atoms with Crippen LogP contribution in [-0.4, -0.2) is 23.0 Å². The Kier molecular flexibility index (Phi) is 4.59. The second kappa shape index (κ2) is 5.96. The molecule has 1 aliphatic carbocycles. The third-order valence-corrected chi connectivity index (χ3v) is 2.52. The third kappa shape index (κ3) is 3.77. The Morgan fingerprint density at radius 1 is 1.62 bits per heavy atom. The number of carboxylic acid groups (broad SMARTS) is 1. The summed E-state index contributed by atoms with van der Waals surface area (Å²) in [5, 5.41) is 11.2. The lowest BCUT2D eigenvalue weighted by molar-refractivity contribution is -0.141. The summed E-state index contributed by atoms with van der Waals surface area (Å²) in [7, 11) is 0. The van der Waals surface area contributed by atoms with Crippen LogP contribution in [-0.2, 0) is 9.59 Å². The van der Waals surface area contributed by atoms with Crippen LogP contribution in [0, 0.1) is 18.3 Å². The molecular formula is C12H15NO3. The predicted octanol–water partition coefficient (Wildman–Crippen LogP) is 0.935. The summed E-state index contributed by atoms with van der Waals surface area (Å²) < 4.78 is 0. The van der Waals surface area contributed by atoms with Crippen LogP contribution >= 0.6 is 0 Å². The lowest BCUT2D eigenvalue weighted by Crippen LogP contribution is -2.40. The molecule has 1 amide bonds. The van der Waals surface area contributed by atoms with Crippen LogP contribution in [0.25, 0.3) is 0 Å². The molecule has 0 saturated heterocycles. The molecule has 16 heavy (non-hydrogen) atoms. The molecule has 2 atom stereocenters. The van der Waals surface area contributed by atoms with E-state index in [1.807, 2.05) is 12.2 Å². The van der Waals surface area contributed by atoms with Gasteiger partial charge in [0.2, 0.25) is 5.91 Å². The predicted molar refractivity (Wildman–Crippen MR) is 59.5 cm³/mol. The quantitative estimate of drug-likeness (QED) is 0.536. The standard InChI is InChI=1S/C12H15NO3/c1-2-5-10(12(15)16)13-11(14)8-9-6-3-4-7-9/h1,3,6,9-10H,4-5,7-8H2,(H,13,14)(H,15,16). The number of amides is 1. The first kappa shape index (κ1) is 12.3. The lowest BCUT2D eigenvalue weighted by atomic mass is 10.0. The van der Waals surface area contributed by atoms with E-state index in [4.69, 9.17) is 11.5 Å². The second-order valence-corrected chi connectivity index (χ2v) is 3.84. The summed E-state index contributed by atoms with van der Waals surface area (Å²) in [6.45, 7) is 0. The molecule has 0 heterocycles. The Hall–Kier alpha value is -1.76. The number of nitrogens with one attached hydrogen (secondary N) is 1. The number of carbonyl (C=O) groups excluding carboxylic acids is 1. The van der Waals surface area contributed by atoms with Crippen LogP contribution in [0.1, 0.15) is 25.7 Å². The fraction of sp³-hybridized carbons (Fsp3) is 0.500. The van der Waals surface area contributed by atoms with Crippen LogP contribution in [0.2, 0.25) is 0 Å². The van der Waals surface area contributed by atoms with Crippen molar-refractivity contribution in [1.82, 2.24) is 5.32 Å². The topological polar surface area (TPSA) is 66.4 Å². The molecule has 0 fully saturated rings. The zero-order chi connectivity index (χ0) is 12.0. The van der Waals surface area contributed by atoms with Crippen molar-refractivity contribution in [3.05, 3.63) is 12.2 Å². The Balaban J connectivity index is 2.39. The van der Waals surface area contributed by atoms with Gasteiger partial charge in [0.25, 0.3) is 0 Å². The molecular weight excluding hydrogens is 206 g/mol. The van der Waals surface area contributed by atoms with Crippen molar-refractivity contribution in [2.75, 3.05) is 0 Å². The highest BCUT2D eigenvalue weighted by Crippen LogP contribution is 2.20. The first-order valence-corrected chi connectivity index (χ1v) is 5.25. The van der Waals surface area contributed by atoms with Crippen molar-refractivity contribution in [3.63, 3.8) is 0 Å². The normalized spacial score (nSPS) is 20.1. The molecule has 0 bridgehead atoms. The van der Waals surface area contributed by atoms with Gasteiger partial charge in [-0.15, -0.1) is 12.3 Å². The molecule has 0 aliphatic heterocycles. The first-order valence-electron chi connectivity index (χ1n) is 5.25. The number of allylic oxidation sites excluding steroid dienone is 2. The highest BCUT2D eigenvalue weighted by Gasteiger charge is 2.20. The van der Waals surface area contributed by atoms with Crippen molar-refractivity contribution >= 4 is 11.9 Å². The summed E-state index contributed by atoms with van der Waals surface area (Å²) in [6, 6.07) is -0.970. The largest absolute Gasteiger partial charge is 0.480 e. The minimum Gasteiger partial charge on any atom is -0.480 e. The zero-order valence-electron chi connectivity index (χ0n) is 8.98. The Bertz CT molecular complexity index is 341. The molecule has 0 spiro atoms. The van der Waals surface area contributed by atoms with Gasteiger partial charge in [-0.1, -0.05) is 12.2 Å². The molecule has 0 radical (unpaired) electrons. The van der Waals surface area contributed by atoms with E-state index >= 15 is 0 Å². The molecule has 86 valence electrons. The molecule has 0 aromatic rings. The van der Waals surface area contributed by atoms with E-state index in [0.29, 0.717) is 6.42 Å². The average Bonchev–Trinajstić information content (AvgIpc) is 2.69. The molecule has 0 saturated carbocycles. The van der Waals surface area contributed by atoms with Gasteiger partial charge in [-0.25, -0.2) is 4.79 Å². The van der Waals surface area contributed by atoms with Crippen molar-refractivity contribution in [1.29, 1.82) is 0 Å². The third-order valence-electron chi connectivity index (χ3n) is 2.52. The molecule has 0 aromatic carbocycles. The number of rotatable bonds is 5. The van der Waals surface area contributed by atoms with E-state index in [9.17, 15) is 9.59 Å². The van der Waals surface area contributed by atoms with Gasteiger partial charge in [0.1, 0.15) is 6.04 Å². The van der Waals surface area contributed by atoms with Gasteiger partial charge in [-0.3, -0.25) is 4.79 Å². The van der Waals surface area contributed by atoms with Crippen LogP contribution < -0.4 is 5.32 Å². The van der Waals surface area contributed by atoms with Gasteiger partial charge in [-0.05, 0) is 18.8 Å². The Morgan fingerprint density at radius 2 is 2.38 bits per heavy atom. The lowest BCUT2D eigenvalue weighted by Gasteiger charge is -2.13. The maximum absolute atomic E-state index is 11.5. The molecule has 0 aromatic heterocycles. The van der Waals surface area contributed by atoms with Crippen molar-refractivity contribution < 1.29 is 14.7 Å². The van der Waals surface area contributed by atoms with Gasteiger partial charge in [0, 0.05) is 12.8 Å². The van der Waals surface area contributed by atoms with E-state index in [1.165, 1.54) is 0 Å². The molecule has 1 rings (SSSR count). The van der Waals surface area contributed by atoms with E-state index in [2.05, 4.69) is 11.2 Å². The maximum atomic E-state index is 11.5. The van der Waals surface area contributed by atoms with Gasteiger partial charge in [0.05, 0.1) is 0 Å². The number of aliphatic carboxylic acids is 1. The Labute approximate surface area is 94.7 Å². The molecule has 2 N–H and O–H groups in total. The number of carboxylic acids is 1. The summed E-state index contributed by atoms with van der Waals surface area (Å²) in [5.74, 6) is 1.13. The van der Waals surface area contributed by atoms with Crippen LogP contribution in [0.15, 0.2) is 12.2 Å². The number of terminal acetylenes is 1. The number of hydrogen-bond donors (Lipinski definition) is 2. The van der Waals surface area contributed by atoms with Crippen LogP contribution in [0.3, 0.4) is 0 Å². The van der Waals surface area contributed by atoms with Gasteiger partial charge >= 0.3 is 5.97 Å². The van der Waals surface area contributed by atoms with E-state index in [1.54, 1.807) is 0 Å². The smallest absolute Gasteiger partial charge is 0.327 e. The SMILES string of the molecule is C#CCC(NC(=O)CC1C=CCC1)C(=O)O. The van der Waals surface area contributed by atoms with Crippen molar-refractivity contribution in [3.8, 4) is 12.3 Å². The van der Waals surface area contributed by atoms with Crippen LogP contribution in [0.5, 0.6) is 0 Å². The fourth-order valence-electron chi connectivity index (χ4n) is 1.67. The fourth-order valence-corrected chi connectivity index (χ4v) is 1.67. The molecule has 4 heteroatoms. The minimum atomic E-state index is -1.09. The maximum Gasteiger partial charge on any atom is 0.327 e. The highest BCUT2D eigenvalue weighted by molar-refractivity contribution is 5.83. The van der Waals surface area contributed by atoms with E-state index in [0.717, 1.165) is 12.8 Å². The van der Waals surface area contributed by atoms with Gasteiger partial charge in [-0.2, -0.15) is 0 Å². The highest BCUT2D eigenvalue weighted by atomic mass is 16.4. The summed E-state index contributed by atoms with van der Waals surface area (Å²) in [6.07, 6.45) is 11.4. The minimum absolute atomic E-state index is 0.0155. The summed E-state index contributed by atoms with van der Waals surface area (Å²) in [4.78, 5) is 22.2. The molecule has 1 aliphatic rings. The van der Waals surface area contributed by atoms with Crippen LogP contribution in [0.4, 0.5) is 0 Å². The molecule has 2 unspecified atom stereocenters. The van der Waals surface area contributed by atoms with Gasteiger partial charge < -0.3 is 10.4 Å². The number of carbonyl (C=O) groups is 2. The van der Waals surface area contributed by atoms with Gasteiger partial charge in [0.15, 0.2) is 0 Å². The average molecular weight is 221 g/mol. The van der Waals surface area contributed by atoms with Crippen molar-refractivity contribution in [2.45, 2.75) is 31.7 Å². The first-order chi connectivity index (χ1) is 7.63. The number of hydrogen-bond acceptors (Lipinski definition) is 2. The molecule has 4 nitrogen and oxygen atoms in total. The summed E-state index contributed by atoms with van der Waals surface area (Å²) >= 11 is 0. The summed E-state index contributed by atoms with van der Waals surface area (Å²) in [5.41, 5.74) is 0. The Morgan fingerprint density at radius 3 is 2.88 bits per heavy atom. The van der Waals surface area contributed by atoms with E-state index < -0.39 is 12.0 Å². The zero-order valence-corrected chi connectivity index (χ0v) is 8.98. The van der Waals surface area contributed by atoms with E-state index in [-0.39, 0.29) is 18.2 Å². The second-order valence-electron chi connectivity index (χ2n) is 3.84.